The first-order chi connectivity index (χ1) is 16.5. The number of hydrogen-bond donors (Lipinski definition) is 0. The minimum absolute atomic E-state index is 0.0747. The van der Waals surface area contributed by atoms with Crippen molar-refractivity contribution < 1.29 is 19.2 Å². The number of nitro benzene ring substituents is 1. The van der Waals surface area contributed by atoms with Crippen LogP contribution in [-0.4, -0.2) is 36.4 Å². The molecule has 7 heteroatoms. The lowest BCUT2D eigenvalue weighted by atomic mass is 9.84. The van der Waals surface area contributed by atoms with Gasteiger partial charge in [-0.2, -0.15) is 0 Å². The fourth-order valence-corrected chi connectivity index (χ4v) is 5.05. The van der Waals surface area contributed by atoms with Gasteiger partial charge < -0.3 is 9.64 Å². The molecule has 0 radical (unpaired) electrons. The van der Waals surface area contributed by atoms with Gasteiger partial charge in [-0.15, -0.1) is 0 Å². The Labute approximate surface area is 200 Å². The third kappa shape index (κ3) is 5.82. The SMILES string of the molecule is O=C(COC(=O)c1ccc(N2CCCCCC2)c([N+](=O)[O-])c1)c1ccc(C2CCCCC2)cc1. The Bertz CT molecular complexity index is 1020. The quantitative estimate of drug-likeness (QED) is 0.214. The summed E-state index contributed by atoms with van der Waals surface area (Å²) in [6.45, 7) is 1.13. The first kappa shape index (κ1) is 23.9. The second kappa shape index (κ2) is 11.3. The predicted octanol–water partition coefficient (Wildman–Crippen LogP) is 6.06. The zero-order valence-corrected chi connectivity index (χ0v) is 19.5. The number of ether oxygens (including phenoxy) is 1. The van der Waals surface area contributed by atoms with E-state index >= 15 is 0 Å². The number of carbonyl (C=O) groups excluding carboxylic acids is 2. The molecular formula is C27H32N2O5. The van der Waals surface area contributed by atoms with E-state index in [1.165, 1.54) is 43.7 Å². The molecule has 1 saturated carbocycles. The number of esters is 1. The van der Waals surface area contributed by atoms with E-state index < -0.39 is 17.5 Å². The predicted molar refractivity (Wildman–Crippen MR) is 131 cm³/mol. The van der Waals surface area contributed by atoms with Crippen molar-refractivity contribution >= 4 is 23.1 Å². The number of ketones is 1. The normalized spacial score (nSPS) is 17.1. The van der Waals surface area contributed by atoms with Crippen molar-refractivity contribution in [2.45, 2.75) is 63.7 Å². The highest BCUT2D eigenvalue weighted by Gasteiger charge is 2.24. The number of Topliss-reactive ketones (excluding diaryl/α,β-unsaturated/α-hetero) is 1. The van der Waals surface area contributed by atoms with Crippen molar-refractivity contribution in [2.24, 2.45) is 0 Å². The number of hydrogen-bond acceptors (Lipinski definition) is 6. The minimum atomic E-state index is -0.738. The van der Waals surface area contributed by atoms with Gasteiger partial charge in [-0.3, -0.25) is 14.9 Å². The number of rotatable bonds is 7. The van der Waals surface area contributed by atoms with E-state index in [0.29, 0.717) is 17.2 Å². The van der Waals surface area contributed by atoms with Crippen LogP contribution in [0.3, 0.4) is 0 Å². The maximum absolute atomic E-state index is 12.5. The molecule has 0 aromatic heterocycles. The van der Waals surface area contributed by atoms with Crippen LogP contribution >= 0.6 is 0 Å². The summed E-state index contributed by atoms with van der Waals surface area (Å²) in [7, 11) is 0. The smallest absolute Gasteiger partial charge is 0.338 e. The Morgan fingerprint density at radius 1 is 0.882 bits per heavy atom. The molecule has 2 aromatic carbocycles. The topological polar surface area (TPSA) is 89.8 Å². The molecule has 7 nitrogen and oxygen atoms in total. The van der Waals surface area contributed by atoms with Crippen molar-refractivity contribution in [1.29, 1.82) is 0 Å². The molecule has 4 rings (SSSR count). The van der Waals surface area contributed by atoms with Crippen molar-refractivity contribution in [3.8, 4) is 0 Å². The summed E-state index contributed by atoms with van der Waals surface area (Å²) in [5, 5.41) is 11.7. The van der Waals surface area contributed by atoms with Gasteiger partial charge in [-0.1, -0.05) is 56.4 Å². The molecule has 34 heavy (non-hydrogen) atoms. The summed E-state index contributed by atoms with van der Waals surface area (Å²) in [6.07, 6.45) is 10.4. The Hall–Kier alpha value is -3.22. The lowest BCUT2D eigenvalue weighted by Crippen LogP contribution is -2.25. The van der Waals surface area contributed by atoms with Crippen LogP contribution in [0.25, 0.3) is 0 Å². The third-order valence-corrected chi connectivity index (χ3v) is 7.00. The van der Waals surface area contributed by atoms with Crippen molar-refractivity contribution in [3.63, 3.8) is 0 Å². The van der Waals surface area contributed by atoms with Crippen LogP contribution in [0.2, 0.25) is 0 Å². The Morgan fingerprint density at radius 3 is 2.15 bits per heavy atom. The molecular weight excluding hydrogens is 432 g/mol. The molecule has 0 N–H and O–H groups in total. The first-order valence-electron chi connectivity index (χ1n) is 12.4. The second-order valence-electron chi connectivity index (χ2n) is 9.32. The number of carbonyl (C=O) groups is 2. The molecule has 180 valence electrons. The lowest BCUT2D eigenvalue weighted by Gasteiger charge is -2.22. The molecule has 1 aliphatic heterocycles. The Kier molecular flexibility index (Phi) is 7.93. The van der Waals surface area contributed by atoms with Crippen molar-refractivity contribution in [2.75, 3.05) is 24.6 Å². The molecule has 0 unspecified atom stereocenters. The maximum Gasteiger partial charge on any atom is 0.338 e. The molecule has 0 amide bonds. The average Bonchev–Trinajstić information content (AvgIpc) is 3.17. The fourth-order valence-electron chi connectivity index (χ4n) is 5.05. The van der Waals surface area contributed by atoms with Crippen molar-refractivity contribution in [3.05, 3.63) is 69.3 Å². The highest BCUT2D eigenvalue weighted by molar-refractivity contribution is 5.99. The second-order valence-corrected chi connectivity index (χ2v) is 9.32. The van der Waals surface area contributed by atoms with Crippen LogP contribution in [0.15, 0.2) is 42.5 Å². The number of nitro groups is 1. The summed E-state index contributed by atoms with van der Waals surface area (Å²) in [4.78, 5) is 38.3. The van der Waals surface area contributed by atoms with E-state index in [-0.39, 0.29) is 17.0 Å². The highest BCUT2D eigenvalue weighted by atomic mass is 16.6. The number of benzene rings is 2. The zero-order chi connectivity index (χ0) is 23.9. The third-order valence-electron chi connectivity index (χ3n) is 7.00. The van der Waals surface area contributed by atoms with E-state index in [4.69, 9.17) is 4.74 Å². The van der Waals surface area contributed by atoms with E-state index in [1.54, 1.807) is 24.3 Å². The van der Waals surface area contributed by atoms with Crippen LogP contribution in [0.5, 0.6) is 0 Å². The molecule has 1 heterocycles. The Morgan fingerprint density at radius 2 is 1.50 bits per heavy atom. The van der Waals surface area contributed by atoms with E-state index in [2.05, 4.69) is 0 Å². The summed E-state index contributed by atoms with van der Waals surface area (Å²) < 4.78 is 5.21. The zero-order valence-electron chi connectivity index (χ0n) is 19.5. The maximum atomic E-state index is 12.5. The highest BCUT2D eigenvalue weighted by Crippen LogP contribution is 2.33. The van der Waals surface area contributed by atoms with Crippen molar-refractivity contribution in [1.82, 2.24) is 0 Å². The van der Waals surface area contributed by atoms with Gasteiger partial charge in [0.25, 0.3) is 5.69 Å². The van der Waals surface area contributed by atoms with Crippen LogP contribution in [0.4, 0.5) is 11.4 Å². The monoisotopic (exact) mass is 464 g/mol. The van der Waals surface area contributed by atoms with Crippen LogP contribution in [0, 0.1) is 10.1 Å². The van der Waals surface area contributed by atoms with Crippen LogP contribution in [-0.2, 0) is 4.74 Å². The van der Waals surface area contributed by atoms with E-state index in [9.17, 15) is 19.7 Å². The Balaban J connectivity index is 1.38. The molecule has 1 aliphatic carbocycles. The molecule has 0 atom stereocenters. The van der Waals surface area contributed by atoms with Gasteiger partial charge in [-0.25, -0.2) is 4.79 Å². The molecule has 2 aromatic rings. The van der Waals surface area contributed by atoms with Gasteiger partial charge in [0.15, 0.2) is 12.4 Å². The summed E-state index contributed by atoms with van der Waals surface area (Å²) in [6, 6.07) is 12.0. The molecule has 0 bridgehead atoms. The largest absolute Gasteiger partial charge is 0.454 e. The van der Waals surface area contributed by atoms with E-state index in [1.807, 2.05) is 17.0 Å². The average molecular weight is 465 g/mol. The van der Waals surface area contributed by atoms with Gasteiger partial charge in [0.1, 0.15) is 5.69 Å². The summed E-state index contributed by atoms with van der Waals surface area (Å²) in [5.74, 6) is -0.472. The first-order valence-corrected chi connectivity index (χ1v) is 12.4. The van der Waals surface area contributed by atoms with Crippen LogP contribution in [0.1, 0.15) is 90.0 Å². The van der Waals surface area contributed by atoms with Gasteiger partial charge >= 0.3 is 5.97 Å². The van der Waals surface area contributed by atoms with Gasteiger partial charge in [0.05, 0.1) is 10.5 Å². The number of nitrogens with zero attached hydrogens (tertiary/aromatic N) is 2. The fraction of sp³-hybridized carbons (Fsp3) is 0.481. The number of anilines is 1. The molecule has 2 aliphatic rings. The standard InChI is InChI=1S/C27H32N2O5/c30-26(22-12-10-21(11-13-22)20-8-4-3-5-9-20)19-34-27(31)23-14-15-24(25(18-23)29(32)33)28-16-6-1-2-7-17-28/h10-15,18,20H,1-9,16-17,19H2. The lowest BCUT2D eigenvalue weighted by molar-refractivity contribution is -0.384. The van der Waals surface area contributed by atoms with Gasteiger partial charge in [-0.05, 0) is 49.3 Å². The summed E-state index contributed by atoms with van der Waals surface area (Å²) in [5.41, 5.74) is 2.24. The van der Waals surface area contributed by atoms with Crippen LogP contribution < -0.4 is 4.90 Å². The van der Waals surface area contributed by atoms with Gasteiger partial charge in [0.2, 0.25) is 0 Å². The molecule has 1 saturated heterocycles. The van der Waals surface area contributed by atoms with E-state index in [0.717, 1.165) is 38.8 Å². The summed E-state index contributed by atoms with van der Waals surface area (Å²) >= 11 is 0. The molecule has 0 spiro atoms. The minimum Gasteiger partial charge on any atom is -0.454 e. The molecule has 2 fully saturated rings. The van der Waals surface area contributed by atoms with Gasteiger partial charge in [0, 0.05) is 24.7 Å².